The van der Waals surface area contributed by atoms with Crippen LogP contribution in [0.15, 0.2) is 0 Å². The molecule has 0 aromatic carbocycles. The molecule has 0 spiro atoms. The van der Waals surface area contributed by atoms with Crippen molar-refractivity contribution in [2.45, 2.75) is 77.4 Å². The highest BCUT2D eigenvalue weighted by Gasteiger charge is 2.27. The summed E-state index contributed by atoms with van der Waals surface area (Å²) in [6, 6.07) is 0.631. The van der Waals surface area contributed by atoms with Crippen molar-refractivity contribution in [1.82, 2.24) is 5.32 Å². The van der Waals surface area contributed by atoms with Crippen molar-refractivity contribution in [2.24, 2.45) is 17.8 Å². The first kappa shape index (κ1) is 14.3. The Labute approximate surface area is 113 Å². The highest BCUT2D eigenvalue weighted by molar-refractivity contribution is 4.83. The minimum absolute atomic E-state index is 0.127. The Bertz CT molecular complexity index is 237. The molecule has 0 aromatic heterocycles. The smallest absolute Gasteiger partial charge is 0.0667 e. The Morgan fingerprint density at radius 2 is 1.78 bits per heavy atom. The first-order chi connectivity index (χ1) is 8.66. The molecule has 0 amide bonds. The van der Waals surface area contributed by atoms with E-state index < -0.39 is 0 Å². The third-order valence-corrected chi connectivity index (χ3v) is 5.40. The van der Waals surface area contributed by atoms with Crippen LogP contribution in [0, 0.1) is 17.8 Å². The van der Waals surface area contributed by atoms with E-state index in [9.17, 15) is 5.11 Å². The van der Waals surface area contributed by atoms with Gasteiger partial charge in [0.25, 0.3) is 0 Å². The standard InChI is InChI=1S/C16H31NO/c1-12-6-5-9-16(13(12)2)17-11-15(18)10-14-7-3-4-8-14/h12-18H,3-11H2,1-2H3. The van der Waals surface area contributed by atoms with Crippen molar-refractivity contribution in [2.75, 3.05) is 6.54 Å². The van der Waals surface area contributed by atoms with Crippen LogP contribution in [-0.4, -0.2) is 23.8 Å². The van der Waals surface area contributed by atoms with Crippen molar-refractivity contribution in [3.63, 3.8) is 0 Å². The van der Waals surface area contributed by atoms with Crippen LogP contribution in [-0.2, 0) is 0 Å². The predicted molar refractivity (Wildman–Crippen MR) is 76.6 cm³/mol. The van der Waals surface area contributed by atoms with Gasteiger partial charge in [-0.3, -0.25) is 0 Å². The second-order valence-electron chi connectivity index (χ2n) is 6.82. The maximum absolute atomic E-state index is 10.1. The fourth-order valence-corrected chi connectivity index (χ4v) is 3.87. The van der Waals surface area contributed by atoms with Crippen molar-refractivity contribution >= 4 is 0 Å². The molecule has 0 bridgehead atoms. The molecule has 0 saturated heterocycles. The highest BCUT2D eigenvalue weighted by atomic mass is 16.3. The lowest BCUT2D eigenvalue weighted by Gasteiger charge is -2.35. The average molecular weight is 253 g/mol. The Kier molecular flexibility index (Phi) is 5.50. The van der Waals surface area contributed by atoms with Crippen molar-refractivity contribution in [3.05, 3.63) is 0 Å². The topological polar surface area (TPSA) is 32.3 Å². The van der Waals surface area contributed by atoms with Gasteiger partial charge >= 0.3 is 0 Å². The van der Waals surface area contributed by atoms with Gasteiger partial charge < -0.3 is 10.4 Å². The monoisotopic (exact) mass is 253 g/mol. The third-order valence-electron chi connectivity index (χ3n) is 5.40. The van der Waals surface area contributed by atoms with Crippen LogP contribution in [0.2, 0.25) is 0 Å². The summed E-state index contributed by atoms with van der Waals surface area (Å²) in [4.78, 5) is 0. The number of rotatable bonds is 5. The van der Waals surface area contributed by atoms with Gasteiger partial charge in [-0.1, -0.05) is 52.4 Å². The maximum Gasteiger partial charge on any atom is 0.0667 e. The van der Waals surface area contributed by atoms with E-state index in [2.05, 4.69) is 19.2 Å². The lowest BCUT2D eigenvalue weighted by Crippen LogP contribution is -2.43. The number of hydrogen-bond acceptors (Lipinski definition) is 2. The van der Waals surface area contributed by atoms with Gasteiger partial charge in [0.05, 0.1) is 6.10 Å². The van der Waals surface area contributed by atoms with Gasteiger partial charge in [-0.2, -0.15) is 0 Å². The van der Waals surface area contributed by atoms with E-state index in [-0.39, 0.29) is 6.10 Å². The zero-order valence-electron chi connectivity index (χ0n) is 12.2. The van der Waals surface area contributed by atoms with Gasteiger partial charge in [0.2, 0.25) is 0 Å². The van der Waals surface area contributed by atoms with Gasteiger partial charge in [0.15, 0.2) is 0 Å². The van der Waals surface area contributed by atoms with Gasteiger partial charge in [-0.05, 0) is 30.6 Å². The molecular formula is C16H31NO. The van der Waals surface area contributed by atoms with Gasteiger partial charge in [-0.15, -0.1) is 0 Å². The van der Waals surface area contributed by atoms with E-state index in [1.165, 1.54) is 44.9 Å². The SMILES string of the molecule is CC1CCCC(NCC(O)CC2CCCC2)C1C. The molecule has 18 heavy (non-hydrogen) atoms. The van der Waals surface area contributed by atoms with Crippen LogP contribution in [0.4, 0.5) is 0 Å². The van der Waals surface area contributed by atoms with Crippen molar-refractivity contribution < 1.29 is 5.11 Å². The van der Waals surface area contributed by atoms with E-state index >= 15 is 0 Å². The molecule has 4 atom stereocenters. The number of aliphatic hydroxyl groups excluding tert-OH is 1. The number of hydrogen-bond donors (Lipinski definition) is 2. The summed E-state index contributed by atoms with van der Waals surface area (Å²) in [5.41, 5.74) is 0. The minimum atomic E-state index is -0.127. The quantitative estimate of drug-likeness (QED) is 0.787. The number of nitrogens with one attached hydrogen (secondary N) is 1. The predicted octanol–water partition coefficient (Wildman–Crippen LogP) is 3.34. The molecule has 2 nitrogen and oxygen atoms in total. The Morgan fingerprint density at radius 3 is 2.50 bits per heavy atom. The molecule has 0 heterocycles. The molecule has 0 aliphatic heterocycles. The lowest BCUT2D eigenvalue weighted by molar-refractivity contribution is 0.122. The summed E-state index contributed by atoms with van der Waals surface area (Å²) in [6.07, 6.45) is 10.3. The average Bonchev–Trinajstić information content (AvgIpc) is 2.84. The molecule has 4 unspecified atom stereocenters. The van der Waals surface area contributed by atoms with E-state index in [1.54, 1.807) is 0 Å². The summed E-state index contributed by atoms with van der Waals surface area (Å²) >= 11 is 0. The summed E-state index contributed by atoms with van der Waals surface area (Å²) in [6.45, 7) is 5.54. The highest BCUT2D eigenvalue weighted by Crippen LogP contribution is 2.30. The normalized spacial score (nSPS) is 35.8. The van der Waals surface area contributed by atoms with E-state index in [4.69, 9.17) is 0 Å². The van der Waals surface area contributed by atoms with Gasteiger partial charge in [-0.25, -0.2) is 0 Å². The van der Waals surface area contributed by atoms with Crippen LogP contribution in [0.25, 0.3) is 0 Å². The molecule has 2 saturated carbocycles. The van der Waals surface area contributed by atoms with Gasteiger partial charge in [0.1, 0.15) is 0 Å². The molecule has 2 heteroatoms. The molecule has 2 N–H and O–H groups in total. The molecule has 2 aliphatic rings. The maximum atomic E-state index is 10.1. The zero-order chi connectivity index (χ0) is 13.0. The van der Waals surface area contributed by atoms with E-state index in [0.29, 0.717) is 6.04 Å². The molecule has 0 aromatic rings. The fourth-order valence-electron chi connectivity index (χ4n) is 3.87. The van der Waals surface area contributed by atoms with Crippen LogP contribution < -0.4 is 5.32 Å². The van der Waals surface area contributed by atoms with Crippen LogP contribution in [0.3, 0.4) is 0 Å². The first-order valence-electron chi connectivity index (χ1n) is 8.08. The second-order valence-corrected chi connectivity index (χ2v) is 6.82. The Morgan fingerprint density at radius 1 is 1.06 bits per heavy atom. The van der Waals surface area contributed by atoms with Crippen LogP contribution in [0.1, 0.15) is 65.2 Å². The summed E-state index contributed by atoms with van der Waals surface area (Å²) in [5.74, 6) is 2.39. The molecule has 2 fully saturated rings. The van der Waals surface area contributed by atoms with Crippen molar-refractivity contribution in [3.8, 4) is 0 Å². The molecule has 106 valence electrons. The summed E-state index contributed by atoms with van der Waals surface area (Å²) in [5, 5.41) is 13.8. The van der Waals surface area contributed by atoms with Crippen LogP contribution in [0.5, 0.6) is 0 Å². The van der Waals surface area contributed by atoms with E-state index in [1.807, 2.05) is 0 Å². The molecule has 0 radical (unpaired) electrons. The molecule has 2 aliphatic carbocycles. The summed E-state index contributed by atoms with van der Waals surface area (Å²) in [7, 11) is 0. The Balaban J connectivity index is 1.66. The second kappa shape index (κ2) is 6.91. The first-order valence-corrected chi connectivity index (χ1v) is 8.08. The Hall–Kier alpha value is -0.0800. The fraction of sp³-hybridized carbons (Fsp3) is 1.00. The zero-order valence-corrected chi connectivity index (χ0v) is 12.2. The molecule has 2 rings (SSSR count). The number of aliphatic hydroxyl groups is 1. The minimum Gasteiger partial charge on any atom is -0.392 e. The summed E-state index contributed by atoms with van der Waals surface area (Å²) < 4.78 is 0. The largest absolute Gasteiger partial charge is 0.392 e. The van der Waals surface area contributed by atoms with Crippen LogP contribution >= 0.6 is 0 Å². The van der Waals surface area contributed by atoms with Crippen molar-refractivity contribution in [1.29, 1.82) is 0 Å². The molecular weight excluding hydrogens is 222 g/mol. The van der Waals surface area contributed by atoms with E-state index in [0.717, 1.165) is 30.7 Å². The van der Waals surface area contributed by atoms with Gasteiger partial charge in [0, 0.05) is 12.6 Å². The third kappa shape index (κ3) is 3.96. The lowest BCUT2D eigenvalue weighted by atomic mass is 9.78.